The molecule has 1 aromatic heterocycles. The molecule has 0 atom stereocenters. The van der Waals surface area contributed by atoms with E-state index in [4.69, 9.17) is 0 Å². The first-order valence-corrected chi connectivity index (χ1v) is 9.30. The molecule has 0 N–H and O–H groups in total. The maximum atomic E-state index is 11.8. The summed E-state index contributed by atoms with van der Waals surface area (Å²) in [5.74, 6) is 0.825. The molecule has 1 fully saturated rings. The minimum Gasteiger partial charge on any atom is -0.353 e. The second kappa shape index (κ2) is 5.81. The third kappa shape index (κ3) is 2.91. The van der Waals surface area contributed by atoms with Gasteiger partial charge in [0.15, 0.2) is 9.84 Å². The fourth-order valence-electron chi connectivity index (χ4n) is 2.78. The number of piperazine rings is 1. The Morgan fingerprint density at radius 1 is 1.14 bits per heavy atom. The SMILES string of the molecule is CCN1CCN(c2ncnc3ccc(S(C)(=O)=O)cc23)CC1. The lowest BCUT2D eigenvalue weighted by molar-refractivity contribution is 0.271. The number of benzene rings is 1. The monoisotopic (exact) mass is 320 g/mol. The summed E-state index contributed by atoms with van der Waals surface area (Å²) in [6.45, 7) is 6.98. The third-order valence-corrected chi connectivity index (χ3v) is 5.24. The van der Waals surface area contributed by atoms with E-state index in [0.717, 1.165) is 49.4 Å². The second-order valence-electron chi connectivity index (χ2n) is 5.57. The maximum Gasteiger partial charge on any atom is 0.175 e. The summed E-state index contributed by atoms with van der Waals surface area (Å²) in [5, 5.41) is 0.801. The molecule has 2 heterocycles. The van der Waals surface area contributed by atoms with E-state index in [1.165, 1.54) is 6.26 Å². The highest BCUT2D eigenvalue weighted by Gasteiger charge is 2.19. The van der Waals surface area contributed by atoms with E-state index in [1.807, 2.05) is 0 Å². The van der Waals surface area contributed by atoms with E-state index in [-0.39, 0.29) is 0 Å². The van der Waals surface area contributed by atoms with Crippen molar-refractivity contribution in [1.82, 2.24) is 14.9 Å². The molecule has 1 aliphatic rings. The highest BCUT2D eigenvalue weighted by atomic mass is 32.2. The van der Waals surface area contributed by atoms with Gasteiger partial charge in [0.2, 0.25) is 0 Å². The molecule has 3 rings (SSSR count). The smallest absolute Gasteiger partial charge is 0.175 e. The fourth-order valence-corrected chi connectivity index (χ4v) is 3.43. The minimum absolute atomic E-state index is 0.309. The molecule has 2 aromatic rings. The Balaban J connectivity index is 2.02. The molecule has 22 heavy (non-hydrogen) atoms. The van der Waals surface area contributed by atoms with Gasteiger partial charge in [-0.05, 0) is 24.7 Å². The van der Waals surface area contributed by atoms with Gasteiger partial charge in [0, 0.05) is 37.8 Å². The number of anilines is 1. The van der Waals surface area contributed by atoms with Crippen LogP contribution in [0.15, 0.2) is 29.4 Å². The first kappa shape index (κ1) is 15.2. The molecule has 1 aromatic carbocycles. The molecule has 0 bridgehead atoms. The van der Waals surface area contributed by atoms with E-state index in [0.29, 0.717) is 4.90 Å². The van der Waals surface area contributed by atoms with Crippen molar-refractivity contribution in [3.8, 4) is 0 Å². The number of sulfone groups is 1. The molecule has 1 aliphatic heterocycles. The van der Waals surface area contributed by atoms with E-state index < -0.39 is 9.84 Å². The van der Waals surface area contributed by atoms with Gasteiger partial charge in [-0.2, -0.15) is 0 Å². The van der Waals surface area contributed by atoms with Gasteiger partial charge in [0.25, 0.3) is 0 Å². The van der Waals surface area contributed by atoms with E-state index >= 15 is 0 Å². The molecular formula is C15H20N4O2S. The van der Waals surface area contributed by atoms with Crippen LogP contribution in [0.4, 0.5) is 5.82 Å². The van der Waals surface area contributed by atoms with E-state index in [2.05, 4.69) is 26.7 Å². The highest BCUT2D eigenvalue weighted by molar-refractivity contribution is 7.90. The molecule has 0 unspecified atom stereocenters. The van der Waals surface area contributed by atoms with Crippen molar-refractivity contribution in [2.45, 2.75) is 11.8 Å². The summed E-state index contributed by atoms with van der Waals surface area (Å²) in [5.41, 5.74) is 0.773. The summed E-state index contributed by atoms with van der Waals surface area (Å²) < 4.78 is 23.6. The van der Waals surface area contributed by atoms with Gasteiger partial charge < -0.3 is 9.80 Å². The Labute approximate surface area is 130 Å². The zero-order valence-electron chi connectivity index (χ0n) is 12.9. The predicted octanol–water partition coefficient (Wildman–Crippen LogP) is 1.18. The molecular weight excluding hydrogens is 300 g/mol. The van der Waals surface area contributed by atoms with Crippen LogP contribution in [0.1, 0.15) is 6.92 Å². The molecule has 0 radical (unpaired) electrons. The summed E-state index contributed by atoms with van der Waals surface area (Å²) in [7, 11) is -3.24. The number of rotatable bonds is 3. The zero-order valence-corrected chi connectivity index (χ0v) is 13.7. The fraction of sp³-hybridized carbons (Fsp3) is 0.467. The third-order valence-electron chi connectivity index (χ3n) is 4.13. The van der Waals surface area contributed by atoms with Crippen LogP contribution in [0, 0.1) is 0 Å². The predicted molar refractivity (Wildman–Crippen MR) is 87.0 cm³/mol. The quantitative estimate of drug-likeness (QED) is 0.846. The van der Waals surface area contributed by atoms with Crippen LogP contribution >= 0.6 is 0 Å². The maximum absolute atomic E-state index is 11.8. The van der Waals surface area contributed by atoms with Crippen LogP contribution in [0.5, 0.6) is 0 Å². The van der Waals surface area contributed by atoms with Crippen LogP contribution in [-0.2, 0) is 9.84 Å². The summed E-state index contributed by atoms with van der Waals surface area (Å²) in [4.78, 5) is 13.6. The summed E-state index contributed by atoms with van der Waals surface area (Å²) in [6, 6.07) is 5.04. The van der Waals surface area contributed by atoms with Crippen LogP contribution < -0.4 is 4.90 Å². The Morgan fingerprint density at radius 2 is 1.86 bits per heavy atom. The topological polar surface area (TPSA) is 66.4 Å². The average molecular weight is 320 g/mol. The number of hydrogen-bond donors (Lipinski definition) is 0. The lowest BCUT2D eigenvalue weighted by Gasteiger charge is -2.35. The zero-order chi connectivity index (χ0) is 15.7. The average Bonchev–Trinajstić information content (AvgIpc) is 2.53. The van der Waals surface area contributed by atoms with E-state index in [1.54, 1.807) is 24.5 Å². The first-order chi connectivity index (χ1) is 10.5. The molecule has 0 aliphatic carbocycles. The summed E-state index contributed by atoms with van der Waals surface area (Å²) in [6.07, 6.45) is 2.77. The van der Waals surface area contributed by atoms with Crippen LogP contribution in [-0.4, -0.2) is 62.3 Å². The van der Waals surface area contributed by atoms with Crippen molar-refractivity contribution >= 4 is 26.6 Å². The van der Waals surface area contributed by atoms with Crippen molar-refractivity contribution in [3.05, 3.63) is 24.5 Å². The van der Waals surface area contributed by atoms with Gasteiger partial charge >= 0.3 is 0 Å². The Kier molecular flexibility index (Phi) is 4.01. The number of likely N-dealkylation sites (N-methyl/N-ethyl adjacent to an activating group) is 1. The van der Waals surface area contributed by atoms with E-state index in [9.17, 15) is 8.42 Å². The largest absolute Gasteiger partial charge is 0.353 e. The number of hydrogen-bond acceptors (Lipinski definition) is 6. The van der Waals surface area contributed by atoms with Gasteiger partial charge in [-0.3, -0.25) is 0 Å². The Bertz CT molecular complexity index is 783. The van der Waals surface area contributed by atoms with Crippen molar-refractivity contribution in [2.75, 3.05) is 43.9 Å². The van der Waals surface area contributed by atoms with Crippen molar-refractivity contribution in [2.24, 2.45) is 0 Å². The molecule has 1 saturated heterocycles. The molecule has 0 saturated carbocycles. The number of nitrogens with zero attached hydrogens (tertiary/aromatic N) is 4. The van der Waals surface area contributed by atoms with Crippen molar-refractivity contribution in [3.63, 3.8) is 0 Å². The number of aromatic nitrogens is 2. The summed E-state index contributed by atoms with van der Waals surface area (Å²) >= 11 is 0. The van der Waals surface area contributed by atoms with Crippen LogP contribution in [0.25, 0.3) is 10.9 Å². The van der Waals surface area contributed by atoms with Crippen molar-refractivity contribution in [1.29, 1.82) is 0 Å². The van der Waals surface area contributed by atoms with Crippen LogP contribution in [0.3, 0.4) is 0 Å². The normalized spacial score (nSPS) is 17.1. The first-order valence-electron chi connectivity index (χ1n) is 7.41. The molecule has 6 nitrogen and oxygen atoms in total. The lowest BCUT2D eigenvalue weighted by atomic mass is 10.2. The molecule has 7 heteroatoms. The lowest BCUT2D eigenvalue weighted by Crippen LogP contribution is -2.46. The Morgan fingerprint density at radius 3 is 2.50 bits per heavy atom. The molecule has 0 spiro atoms. The van der Waals surface area contributed by atoms with Crippen LogP contribution in [0.2, 0.25) is 0 Å². The molecule has 0 amide bonds. The Hall–Kier alpha value is -1.73. The second-order valence-corrected chi connectivity index (χ2v) is 7.59. The van der Waals surface area contributed by atoms with Gasteiger partial charge in [-0.25, -0.2) is 18.4 Å². The highest BCUT2D eigenvalue weighted by Crippen LogP contribution is 2.26. The minimum atomic E-state index is -3.24. The van der Waals surface area contributed by atoms with Crippen molar-refractivity contribution < 1.29 is 8.42 Å². The van der Waals surface area contributed by atoms with Gasteiger partial charge in [0.05, 0.1) is 10.4 Å². The van der Waals surface area contributed by atoms with Gasteiger partial charge in [0.1, 0.15) is 12.1 Å². The van der Waals surface area contributed by atoms with Gasteiger partial charge in [-0.15, -0.1) is 0 Å². The number of fused-ring (bicyclic) bond motifs is 1. The van der Waals surface area contributed by atoms with Gasteiger partial charge in [-0.1, -0.05) is 6.92 Å². The molecule has 118 valence electrons. The standard InChI is InChI=1S/C15H20N4O2S/c1-3-18-6-8-19(9-7-18)15-13-10-12(22(2,20)21)4-5-14(13)16-11-17-15/h4-5,10-11H,3,6-9H2,1-2H3.